The molecular formula is C12H16N2O. The Hall–Kier alpha value is -1.35. The Kier molecular flexibility index (Phi) is 3.02. The van der Waals surface area contributed by atoms with Gasteiger partial charge in [0.15, 0.2) is 0 Å². The van der Waals surface area contributed by atoms with Gasteiger partial charge in [-0.15, -0.1) is 0 Å². The second-order valence-corrected chi connectivity index (χ2v) is 4.03. The van der Waals surface area contributed by atoms with Gasteiger partial charge in [-0.3, -0.25) is 4.79 Å². The first-order chi connectivity index (χ1) is 7.27. The van der Waals surface area contributed by atoms with E-state index in [0.717, 1.165) is 13.1 Å². The zero-order valence-corrected chi connectivity index (χ0v) is 8.70. The third-order valence-electron chi connectivity index (χ3n) is 2.94. The van der Waals surface area contributed by atoms with Crippen LogP contribution in [0, 0.1) is 0 Å². The number of carbonyl (C=O) groups is 1. The Labute approximate surface area is 89.7 Å². The molecule has 2 rings (SSSR count). The Morgan fingerprint density at radius 3 is 3.00 bits per heavy atom. The van der Waals surface area contributed by atoms with Gasteiger partial charge >= 0.3 is 0 Å². The number of benzene rings is 1. The van der Waals surface area contributed by atoms with E-state index in [0.29, 0.717) is 11.5 Å². The largest absolute Gasteiger partial charge is 0.366 e. The Balaban J connectivity index is 2.19. The second-order valence-electron chi connectivity index (χ2n) is 4.03. The summed E-state index contributed by atoms with van der Waals surface area (Å²) in [6, 6.07) is 7.66. The Morgan fingerprint density at radius 1 is 1.47 bits per heavy atom. The minimum atomic E-state index is -0.347. The smallest absolute Gasteiger partial charge is 0.248 e. The third-order valence-corrected chi connectivity index (χ3v) is 2.94. The van der Waals surface area contributed by atoms with E-state index in [4.69, 9.17) is 5.73 Å². The van der Waals surface area contributed by atoms with Crippen LogP contribution in [0.1, 0.15) is 34.7 Å². The van der Waals surface area contributed by atoms with Crippen molar-refractivity contribution in [2.24, 2.45) is 5.73 Å². The van der Waals surface area contributed by atoms with Crippen LogP contribution in [-0.2, 0) is 0 Å². The molecule has 0 radical (unpaired) electrons. The molecule has 0 spiro atoms. The first-order valence-corrected chi connectivity index (χ1v) is 5.38. The molecule has 80 valence electrons. The molecule has 1 amide bonds. The molecule has 0 saturated carbocycles. The van der Waals surface area contributed by atoms with Gasteiger partial charge in [0.2, 0.25) is 5.91 Å². The minimum absolute atomic E-state index is 0.347. The highest BCUT2D eigenvalue weighted by Crippen LogP contribution is 2.23. The molecule has 1 aliphatic heterocycles. The highest BCUT2D eigenvalue weighted by atomic mass is 16.1. The van der Waals surface area contributed by atoms with Gasteiger partial charge in [0.05, 0.1) is 0 Å². The lowest BCUT2D eigenvalue weighted by Crippen LogP contribution is -2.28. The van der Waals surface area contributed by atoms with E-state index >= 15 is 0 Å². The van der Waals surface area contributed by atoms with Gasteiger partial charge < -0.3 is 11.1 Å². The fourth-order valence-corrected chi connectivity index (χ4v) is 2.08. The maximum atomic E-state index is 11.0. The number of nitrogens with two attached hydrogens (primary N) is 1. The third kappa shape index (κ3) is 2.36. The van der Waals surface area contributed by atoms with Crippen molar-refractivity contribution in [1.29, 1.82) is 0 Å². The van der Waals surface area contributed by atoms with Crippen LogP contribution in [0.3, 0.4) is 0 Å². The van der Waals surface area contributed by atoms with E-state index in [2.05, 4.69) is 11.4 Å². The molecule has 1 aromatic carbocycles. The molecule has 1 aliphatic rings. The normalized spacial score (nSPS) is 21.2. The zero-order chi connectivity index (χ0) is 10.7. The Bertz CT molecular complexity index is 356. The summed E-state index contributed by atoms with van der Waals surface area (Å²) in [5.74, 6) is 0.179. The molecule has 3 heteroatoms. The van der Waals surface area contributed by atoms with Gasteiger partial charge in [-0.1, -0.05) is 12.1 Å². The van der Waals surface area contributed by atoms with Crippen LogP contribution in [0.15, 0.2) is 24.3 Å². The van der Waals surface area contributed by atoms with Crippen molar-refractivity contribution in [3.63, 3.8) is 0 Å². The molecule has 0 aliphatic carbocycles. The van der Waals surface area contributed by atoms with E-state index < -0.39 is 0 Å². The number of primary amides is 1. The summed E-state index contributed by atoms with van der Waals surface area (Å²) in [5.41, 5.74) is 7.09. The average Bonchev–Trinajstić information content (AvgIpc) is 2.30. The van der Waals surface area contributed by atoms with Gasteiger partial charge in [0.25, 0.3) is 0 Å². The molecule has 1 aromatic rings. The fourth-order valence-electron chi connectivity index (χ4n) is 2.08. The monoisotopic (exact) mass is 204 g/mol. The highest BCUT2D eigenvalue weighted by molar-refractivity contribution is 5.92. The lowest BCUT2D eigenvalue weighted by atomic mass is 9.91. The van der Waals surface area contributed by atoms with Crippen LogP contribution in [-0.4, -0.2) is 19.0 Å². The zero-order valence-electron chi connectivity index (χ0n) is 8.70. The summed E-state index contributed by atoms with van der Waals surface area (Å²) in [6.45, 7) is 2.11. The summed E-state index contributed by atoms with van der Waals surface area (Å²) in [6.07, 6.45) is 2.39. The summed E-state index contributed by atoms with van der Waals surface area (Å²) in [4.78, 5) is 11.0. The fraction of sp³-hybridized carbons (Fsp3) is 0.417. The molecule has 1 fully saturated rings. The van der Waals surface area contributed by atoms with Crippen molar-refractivity contribution in [3.8, 4) is 0 Å². The van der Waals surface area contributed by atoms with Crippen molar-refractivity contribution in [2.45, 2.75) is 18.8 Å². The molecule has 3 nitrogen and oxygen atoms in total. The standard InChI is InChI=1S/C12H16N2O/c13-12(15)10-4-1-3-9(7-10)11-5-2-6-14-8-11/h1,3-4,7,11,14H,2,5-6,8H2,(H2,13,15)/t11-/m1/s1. The molecule has 3 N–H and O–H groups in total. The topological polar surface area (TPSA) is 55.1 Å². The maximum absolute atomic E-state index is 11.0. The van der Waals surface area contributed by atoms with E-state index in [-0.39, 0.29) is 5.91 Å². The van der Waals surface area contributed by atoms with Crippen LogP contribution in [0.2, 0.25) is 0 Å². The van der Waals surface area contributed by atoms with E-state index in [1.54, 1.807) is 6.07 Å². The van der Waals surface area contributed by atoms with Crippen LogP contribution < -0.4 is 11.1 Å². The second kappa shape index (κ2) is 4.45. The number of carbonyl (C=O) groups excluding carboxylic acids is 1. The number of hydrogen-bond acceptors (Lipinski definition) is 2. The average molecular weight is 204 g/mol. The number of hydrogen-bond donors (Lipinski definition) is 2. The van der Waals surface area contributed by atoms with Gasteiger partial charge in [-0.05, 0) is 43.0 Å². The molecular weight excluding hydrogens is 188 g/mol. The molecule has 0 aromatic heterocycles. The SMILES string of the molecule is NC(=O)c1cccc([C@@H]2CCCNC2)c1. The van der Waals surface area contributed by atoms with Gasteiger partial charge in [-0.2, -0.15) is 0 Å². The maximum Gasteiger partial charge on any atom is 0.248 e. The minimum Gasteiger partial charge on any atom is -0.366 e. The molecule has 0 bridgehead atoms. The predicted molar refractivity (Wildman–Crippen MR) is 59.8 cm³/mol. The van der Waals surface area contributed by atoms with Crippen molar-refractivity contribution < 1.29 is 4.79 Å². The van der Waals surface area contributed by atoms with Crippen LogP contribution in [0.25, 0.3) is 0 Å². The lowest BCUT2D eigenvalue weighted by molar-refractivity contribution is 0.1000. The van der Waals surface area contributed by atoms with Crippen LogP contribution >= 0.6 is 0 Å². The van der Waals surface area contributed by atoms with Gasteiger partial charge in [-0.25, -0.2) is 0 Å². The molecule has 15 heavy (non-hydrogen) atoms. The number of piperidine rings is 1. The van der Waals surface area contributed by atoms with Gasteiger partial charge in [0.1, 0.15) is 0 Å². The number of rotatable bonds is 2. The quantitative estimate of drug-likeness (QED) is 0.761. The molecule has 0 unspecified atom stereocenters. The summed E-state index contributed by atoms with van der Waals surface area (Å²) >= 11 is 0. The first kappa shape index (κ1) is 10.2. The lowest BCUT2D eigenvalue weighted by Gasteiger charge is -2.23. The van der Waals surface area contributed by atoms with Crippen molar-refractivity contribution in [2.75, 3.05) is 13.1 Å². The van der Waals surface area contributed by atoms with Crippen molar-refractivity contribution in [1.82, 2.24) is 5.32 Å². The number of nitrogens with one attached hydrogen (secondary N) is 1. The summed E-state index contributed by atoms with van der Waals surface area (Å²) < 4.78 is 0. The van der Waals surface area contributed by atoms with Crippen molar-refractivity contribution >= 4 is 5.91 Å². The van der Waals surface area contributed by atoms with E-state index in [1.807, 2.05) is 12.1 Å². The predicted octanol–water partition coefficient (Wildman–Crippen LogP) is 1.25. The molecule has 1 heterocycles. The van der Waals surface area contributed by atoms with Gasteiger partial charge in [0, 0.05) is 12.1 Å². The number of amides is 1. The Morgan fingerprint density at radius 2 is 2.33 bits per heavy atom. The first-order valence-electron chi connectivity index (χ1n) is 5.38. The highest BCUT2D eigenvalue weighted by Gasteiger charge is 2.15. The molecule has 1 saturated heterocycles. The molecule has 1 atom stereocenters. The van der Waals surface area contributed by atoms with E-state index in [9.17, 15) is 4.79 Å². The van der Waals surface area contributed by atoms with Crippen LogP contribution in [0.5, 0.6) is 0 Å². The summed E-state index contributed by atoms with van der Waals surface area (Å²) in [5, 5.41) is 3.37. The van der Waals surface area contributed by atoms with E-state index in [1.165, 1.54) is 18.4 Å². The summed E-state index contributed by atoms with van der Waals surface area (Å²) in [7, 11) is 0. The van der Waals surface area contributed by atoms with Crippen LogP contribution in [0.4, 0.5) is 0 Å². The van der Waals surface area contributed by atoms with Crippen molar-refractivity contribution in [3.05, 3.63) is 35.4 Å².